The number of carbonyl (C=O) groups is 1. The van der Waals surface area contributed by atoms with Gasteiger partial charge in [0.2, 0.25) is 0 Å². The number of carbonyl (C=O) groups excluding carboxylic acids is 1. The van der Waals surface area contributed by atoms with Crippen LogP contribution in [0.25, 0.3) is 0 Å². The Morgan fingerprint density at radius 1 is 1.29 bits per heavy atom. The van der Waals surface area contributed by atoms with Crippen LogP contribution in [0.2, 0.25) is 0 Å². The average Bonchev–Trinajstić information content (AvgIpc) is 2.44. The number of hydrogen-bond donors (Lipinski definition) is 1. The first-order valence-electron chi connectivity index (χ1n) is 6.67. The molecule has 0 spiro atoms. The number of ether oxygens (including phenoxy) is 1. The molecule has 4 nitrogen and oxygen atoms in total. The van der Waals surface area contributed by atoms with Crippen LogP contribution < -0.4 is 15.4 Å². The number of nitrogens with zero attached hydrogens (tertiary/aromatic N) is 1. The van der Waals surface area contributed by atoms with Gasteiger partial charge in [-0.05, 0) is 36.8 Å². The molecular formula is C16H15FN2O2. The molecular weight excluding hydrogens is 271 g/mol. The van der Waals surface area contributed by atoms with Crippen molar-refractivity contribution in [2.24, 2.45) is 0 Å². The Hall–Kier alpha value is -2.56. The molecule has 1 aliphatic heterocycles. The second kappa shape index (κ2) is 5.09. The van der Waals surface area contributed by atoms with E-state index >= 15 is 0 Å². The van der Waals surface area contributed by atoms with E-state index in [-0.39, 0.29) is 18.3 Å². The maximum absolute atomic E-state index is 13.3. The third kappa shape index (κ3) is 2.42. The van der Waals surface area contributed by atoms with Crippen LogP contribution in [0.1, 0.15) is 12.5 Å². The van der Waals surface area contributed by atoms with Gasteiger partial charge in [-0.2, -0.15) is 0 Å². The SMILES string of the molecule is CC1Oc2cccc(N)c2N(Cc2cccc(F)c2)C1=O. The predicted molar refractivity (Wildman–Crippen MR) is 78.5 cm³/mol. The number of hydrogen-bond acceptors (Lipinski definition) is 3. The minimum absolute atomic E-state index is 0.190. The first kappa shape index (κ1) is 13.4. The highest BCUT2D eigenvalue weighted by molar-refractivity contribution is 6.02. The number of nitrogens with two attached hydrogens (primary N) is 1. The molecule has 0 bridgehead atoms. The van der Waals surface area contributed by atoms with Gasteiger partial charge in [0.25, 0.3) is 5.91 Å². The van der Waals surface area contributed by atoms with Gasteiger partial charge >= 0.3 is 0 Å². The predicted octanol–water partition coefficient (Wildman–Crippen LogP) is 2.72. The normalized spacial score (nSPS) is 17.3. The number of para-hydroxylation sites is 1. The van der Waals surface area contributed by atoms with Crippen molar-refractivity contribution >= 4 is 17.3 Å². The van der Waals surface area contributed by atoms with Crippen LogP contribution >= 0.6 is 0 Å². The molecule has 0 radical (unpaired) electrons. The lowest BCUT2D eigenvalue weighted by atomic mass is 10.1. The van der Waals surface area contributed by atoms with Gasteiger partial charge in [-0.25, -0.2) is 4.39 Å². The van der Waals surface area contributed by atoms with E-state index in [9.17, 15) is 9.18 Å². The van der Waals surface area contributed by atoms with Crippen molar-refractivity contribution in [3.8, 4) is 5.75 Å². The lowest BCUT2D eigenvalue weighted by Crippen LogP contribution is -2.44. The van der Waals surface area contributed by atoms with Gasteiger partial charge in [-0.1, -0.05) is 18.2 Å². The zero-order valence-electron chi connectivity index (χ0n) is 11.5. The third-order valence-corrected chi connectivity index (χ3v) is 3.45. The number of halogens is 1. The molecule has 2 aromatic rings. The summed E-state index contributed by atoms with van der Waals surface area (Å²) >= 11 is 0. The molecule has 1 unspecified atom stereocenters. The average molecular weight is 286 g/mol. The highest BCUT2D eigenvalue weighted by Crippen LogP contribution is 2.39. The number of anilines is 2. The smallest absolute Gasteiger partial charge is 0.268 e. The Balaban J connectivity index is 2.03. The van der Waals surface area contributed by atoms with Gasteiger partial charge in [0.15, 0.2) is 6.10 Å². The summed E-state index contributed by atoms with van der Waals surface area (Å²) < 4.78 is 18.9. The van der Waals surface area contributed by atoms with Crippen LogP contribution in [0.3, 0.4) is 0 Å². The second-order valence-electron chi connectivity index (χ2n) is 5.01. The number of nitrogen functional groups attached to an aromatic ring is 1. The highest BCUT2D eigenvalue weighted by atomic mass is 19.1. The van der Waals surface area contributed by atoms with E-state index in [2.05, 4.69) is 0 Å². The van der Waals surface area contributed by atoms with Gasteiger partial charge in [0.05, 0.1) is 12.2 Å². The maximum atomic E-state index is 13.3. The minimum Gasteiger partial charge on any atom is -0.479 e. The molecule has 0 aromatic heterocycles. The molecule has 3 rings (SSSR count). The van der Waals surface area contributed by atoms with Crippen molar-refractivity contribution in [2.45, 2.75) is 19.6 Å². The highest BCUT2D eigenvalue weighted by Gasteiger charge is 2.32. The Labute approximate surface area is 121 Å². The minimum atomic E-state index is -0.590. The summed E-state index contributed by atoms with van der Waals surface area (Å²) in [5.41, 5.74) is 7.68. The van der Waals surface area contributed by atoms with Crippen molar-refractivity contribution in [1.82, 2.24) is 0 Å². The molecule has 0 fully saturated rings. The molecule has 0 saturated carbocycles. The lowest BCUT2D eigenvalue weighted by Gasteiger charge is -2.34. The lowest BCUT2D eigenvalue weighted by molar-refractivity contribution is -0.125. The summed E-state index contributed by atoms with van der Waals surface area (Å²) in [7, 11) is 0. The number of rotatable bonds is 2. The molecule has 5 heteroatoms. The van der Waals surface area contributed by atoms with E-state index in [4.69, 9.17) is 10.5 Å². The molecule has 21 heavy (non-hydrogen) atoms. The van der Waals surface area contributed by atoms with E-state index < -0.39 is 6.10 Å². The van der Waals surface area contributed by atoms with Gasteiger partial charge in [-0.15, -0.1) is 0 Å². The molecule has 108 valence electrons. The zero-order valence-corrected chi connectivity index (χ0v) is 11.5. The largest absolute Gasteiger partial charge is 0.479 e. The van der Waals surface area contributed by atoms with Crippen molar-refractivity contribution in [3.63, 3.8) is 0 Å². The van der Waals surface area contributed by atoms with Crippen LogP contribution in [0, 0.1) is 5.82 Å². The van der Waals surface area contributed by atoms with Gasteiger partial charge in [-0.3, -0.25) is 9.69 Å². The standard InChI is InChI=1S/C16H15FN2O2/c1-10-16(20)19(9-11-4-2-5-12(17)8-11)15-13(18)6-3-7-14(15)21-10/h2-8,10H,9,18H2,1H3. The molecule has 2 N–H and O–H groups in total. The van der Waals surface area contributed by atoms with E-state index in [1.54, 1.807) is 42.2 Å². The van der Waals surface area contributed by atoms with E-state index in [1.165, 1.54) is 12.1 Å². The molecule has 1 heterocycles. The summed E-state index contributed by atoms with van der Waals surface area (Å²) in [5.74, 6) is 0.0469. The van der Waals surface area contributed by atoms with Crippen molar-refractivity contribution in [1.29, 1.82) is 0 Å². The Morgan fingerprint density at radius 3 is 2.81 bits per heavy atom. The van der Waals surface area contributed by atoms with Crippen LogP contribution in [0.15, 0.2) is 42.5 Å². The van der Waals surface area contributed by atoms with Crippen LogP contribution in [0.4, 0.5) is 15.8 Å². The fourth-order valence-electron chi connectivity index (χ4n) is 2.47. The maximum Gasteiger partial charge on any atom is 0.268 e. The van der Waals surface area contributed by atoms with E-state index in [0.29, 0.717) is 22.7 Å². The summed E-state index contributed by atoms with van der Waals surface area (Å²) in [6.45, 7) is 1.94. The van der Waals surface area contributed by atoms with Crippen LogP contribution in [0.5, 0.6) is 5.75 Å². The summed E-state index contributed by atoms with van der Waals surface area (Å²) in [4.78, 5) is 13.9. The first-order valence-corrected chi connectivity index (χ1v) is 6.67. The zero-order chi connectivity index (χ0) is 15.0. The number of amides is 1. The Morgan fingerprint density at radius 2 is 2.05 bits per heavy atom. The topological polar surface area (TPSA) is 55.6 Å². The van der Waals surface area contributed by atoms with E-state index in [0.717, 1.165) is 0 Å². The van der Waals surface area contributed by atoms with Crippen molar-refractivity contribution < 1.29 is 13.9 Å². The van der Waals surface area contributed by atoms with Crippen molar-refractivity contribution in [3.05, 3.63) is 53.8 Å². The third-order valence-electron chi connectivity index (χ3n) is 3.45. The van der Waals surface area contributed by atoms with E-state index in [1.807, 2.05) is 0 Å². The molecule has 2 aromatic carbocycles. The molecule has 1 aliphatic rings. The number of fused-ring (bicyclic) bond motifs is 1. The molecule has 1 amide bonds. The van der Waals surface area contributed by atoms with Gasteiger partial charge in [0, 0.05) is 0 Å². The summed E-state index contributed by atoms with van der Waals surface area (Å²) in [5, 5.41) is 0. The van der Waals surface area contributed by atoms with Crippen LogP contribution in [-0.4, -0.2) is 12.0 Å². The Bertz CT molecular complexity index is 702. The summed E-state index contributed by atoms with van der Waals surface area (Å²) in [6.07, 6.45) is -0.590. The molecule has 0 saturated heterocycles. The Kier molecular flexibility index (Phi) is 3.25. The summed E-state index contributed by atoms with van der Waals surface area (Å²) in [6, 6.07) is 11.4. The van der Waals surface area contributed by atoms with Crippen molar-refractivity contribution in [2.75, 3.05) is 10.6 Å². The number of benzene rings is 2. The fourth-order valence-corrected chi connectivity index (χ4v) is 2.47. The first-order chi connectivity index (χ1) is 10.1. The van der Waals surface area contributed by atoms with Gasteiger partial charge < -0.3 is 10.5 Å². The van der Waals surface area contributed by atoms with Crippen LogP contribution in [-0.2, 0) is 11.3 Å². The molecule has 1 atom stereocenters. The fraction of sp³-hybridized carbons (Fsp3) is 0.188. The second-order valence-corrected chi connectivity index (χ2v) is 5.01. The quantitative estimate of drug-likeness (QED) is 0.864. The van der Waals surface area contributed by atoms with Gasteiger partial charge in [0.1, 0.15) is 17.3 Å². The molecule has 0 aliphatic carbocycles. The monoisotopic (exact) mass is 286 g/mol.